The van der Waals surface area contributed by atoms with Gasteiger partial charge in [0.05, 0.1) is 13.5 Å². The summed E-state index contributed by atoms with van der Waals surface area (Å²) in [5.41, 5.74) is 2.26. The molecule has 0 saturated carbocycles. The van der Waals surface area contributed by atoms with E-state index in [0.29, 0.717) is 17.8 Å². The topological polar surface area (TPSA) is 65.2 Å². The van der Waals surface area contributed by atoms with Crippen molar-refractivity contribution in [1.29, 1.82) is 0 Å². The number of thioether (sulfide) groups is 1. The second kappa shape index (κ2) is 5.50. The normalized spacial score (nSPS) is 11.1. The smallest absolute Gasteiger partial charge is 0.306 e. The van der Waals surface area contributed by atoms with Crippen molar-refractivity contribution in [2.75, 3.05) is 12.9 Å². The van der Waals surface area contributed by atoms with E-state index in [9.17, 15) is 4.79 Å². The fourth-order valence-corrected chi connectivity index (χ4v) is 2.79. The molecule has 2 aromatic heterocycles. The van der Waals surface area contributed by atoms with Gasteiger partial charge in [-0.1, -0.05) is 12.1 Å². The van der Waals surface area contributed by atoms with Crippen molar-refractivity contribution in [2.24, 2.45) is 0 Å². The second-order valence-corrected chi connectivity index (χ2v) is 5.21. The van der Waals surface area contributed by atoms with Gasteiger partial charge in [-0.05, 0) is 12.1 Å². The molecule has 0 fully saturated rings. The lowest BCUT2D eigenvalue weighted by Gasteiger charge is -2.00. The summed E-state index contributed by atoms with van der Waals surface area (Å²) in [6.45, 7) is 0. The minimum Gasteiger partial charge on any atom is -0.469 e. The molecule has 0 aliphatic rings. The molecule has 0 unspecified atom stereocenters. The van der Waals surface area contributed by atoms with E-state index in [1.54, 1.807) is 0 Å². The van der Waals surface area contributed by atoms with Gasteiger partial charge in [-0.2, -0.15) is 0 Å². The van der Waals surface area contributed by atoms with Gasteiger partial charge in [0, 0.05) is 11.1 Å². The number of fused-ring (bicyclic) bond motifs is 3. The van der Waals surface area contributed by atoms with Crippen molar-refractivity contribution < 1.29 is 13.9 Å². The number of carbonyl (C=O) groups is 1. The van der Waals surface area contributed by atoms with E-state index in [1.807, 2.05) is 24.3 Å². The zero-order chi connectivity index (χ0) is 13.9. The summed E-state index contributed by atoms with van der Waals surface area (Å²) < 4.78 is 10.4. The van der Waals surface area contributed by atoms with Crippen LogP contribution >= 0.6 is 11.8 Å². The summed E-state index contributed by atoms with van der Waals surface area (Å²) in [5, 5.41) is 1.72. The predicted octanol–water partition coefficient (Wildman–Crippen LogP) is 3.03. The summed E-state index contributed by atoms with van der Waals surface area (Å²) in [7, 11) is 1.38. The number of hydrogen-bond acceptors (Lipinski definition) is 6. The SMILES string of the molecule is COC(=O)CCSc1ncnc2c1oc1ccccc12. The Labute approximate surface area is 119 Å². The Morgan fingerprint density at radius 1 is 1.35 bits per heavy atom. The molecule has 0 spiro atoms. The average Bonchev–Trinajstić information content (AvgIpc) is 2.86. The number of rotatable bonds is 4. The zero-order valence-corrected chi connectivity index (χ0v) is 11.6. The lowest BCUT2D eigenvalue weighted by Crippen LogP contribution is -2.01. The largest absolute Gasteiger partial charge is 0.469 e. The Kier molecular flexibility index (Phi) is 3.56. The Balaban J connectivity index is 1.93. The third-order valence-electron chi connectivity index (χ3n) is 2.90. The molecule has 3 rings (SSSR count). The molecule has 0 N–H and O–H groups in total. The number of hydrogen-bond donors (Lipinski definition) is 0. The number of carbonyl (C=O) groups excluding carboxylic acids is 1. The van der Waals surface area contributed by atoms with Crippen molar-refractivity contribution in [3.8, 4) is 0 Å². The first-order valence-corrected chi connectivity index (χ1v) is 7.10. The molecule has 3 aromatic rings. The van der Waals surface area contributed by atoms with Crippen LogP contribution in [-0.2, 0) is 9.53 Å². The van der Waals surface area contributed by atoms with E-state index in [4.69, 9.17) is 4.42 Å². The molecule has 20 heavy (non-hydrogen) atoms. The number of benzene rings is 1. The van der Waals surface area contributed by atoms with E-state index in [1.165, 1.54) is 25.2 Å². The first kappa shape index (κ1) is 12.9. The number of methoxy groups -OCH3 is 1. The summed E-state index contributed by atoms with van der Waals surface area (Å²) in [6.07, 6.45) is 1.86. The van der Waals surface area contributed by atoms with Crippen LogP contribution < -0.4 is 0 Å². The molecule has 2 heterocycles. The molecule has 6 heteroatoms. The van der Waals surface area contributed by atoms with Gasteiger partial charge in [0.25, 0.3) is 0 Å². The monoisotopic (exact) mass is 288 g/mol. The lowest BCUT2D eigenvalue weighted by atomic mass is 10.2. The average molecular weight is 288 g/mol. The highest BCUT2D eigenvalue weighted by molar-refractivity contribution is 7.99. The number of furan rings is 1. The number of aromatic nitrogens is 2. The molecular formula is C14H12N2O3S. The van der Waals surface area contributed by atoms with Crippen molar-refractivity contribution in [2.45, 2.75) is 11.4 Å². The third kappa shape index (κ3) is 2.34. The minimum absolute atomic E-state index is 0.229. The first-order chi connectivity index (χ1) is 9.79. The minimum atomic E-state index is -0.229. The van der Waals surface area contributed by atoms with E-state index in [0.717, 1.165) is 21.5 Å². The first-order valence-electron chi connectivity index (χ1n) is 6.11. The van der Waals surface area contributed by atoms with E-state index >= 15 is 0 Å². The highest BCUT2D eigenvalue weighted by Crippen LogP contribution is 2.32. The maximum Gasteiger partial charge on any atom is 0.306 e. The van der Waals surface area contributed by atoms with Crippen LogP contribution in [0, 0.1) is 0 Å². The third-order valence-corrected chi connectivity index (χ3v) is 3.87. The molecular weight excluding hydrogens is 276 g/mol. The quantitative estimate of drug-likeness (QED) is 0.417. The van der Waals surface area contributed by atoms with E-state index in [-0.39, 0.29) is 5.97 Å². The van der Waals surface area contributed by atoms with Gasteiger partial charge in [-0.3, -0.25) is 4.79 Å². The lowest BCUT2D eigenvalue weighted by molar-refractivity contribution is -0.140. The van der Waals surface area contributed by atoms with Gasteiger partial charge in [0.2, 0.25) is 0 Å². The van der Waals surface area contributed by atoms with Crippen molar-refractivity contribution in [3.63, 3.8) is 0 Å². The summed E-state index contributed by atoms with van der Waals surface area (Å²) in [4.78, 5) is 19.6. The van der Waals surface area contributed by atoms with Crippen molar-refractivity contribution in [3.05, 3.63) is 30.6 Å². The standard InChI is InChI=1S/C14H12N2O3S/c1-18-11(17)6-7-20-14-13-12(15-8-16-14)9-4-2-3-5-10(9)19-13/h2-5,8H,6-7H2,1H3. The van der Waals surface area contributed by atoms with Crippen LogP contribution in [0.3, 0.4) is 0 Å². The van der Waals surface area contributed by atoms with Gasteiger partial charge < -0.3 is 9.15 Å². The maximum absolute atomic E-state index is 11.1. The van der Waals surface area contributed by atoms with Gasteiger partial charge in [-0.15, -0.1) is 11.8 Å². The predicted molar refractivity (Wildman–Crippen MR) is 76.7 cm³/mol. The molecule has 0 radical (unpaired) electrons. The van der Waals surface area contributed by atoms with Gasteiger partial charge in [0.15, 0.2) is 5.58 Å². The maximum atomic E-state index is 11.1. The molecule has 0 bridgehead atoms. The Morgan fingerprint density at radius 3 is 3.05 bits per heavy atom. The van der Waals surface area contributed by atoms with Gasteiger partial charge in [0.1, 0.15) is 22.5 Å². The van der Waals surface area contributed by atoms with Crippen LogP contribution in [0.1, 0.15) is 6.42 Å². The number of esters is 1. The molecule has 0 saturated heterocycles. The highest BCUT2D eigenvalue weighted by atomic mass is 32.2. The molecule has 0 amide bonds. The van der Waals surface area contributed by atoms with Crippen LogP contribution in [0.4, 0.5) is 0 Å². The summed E-state index contributed by atoms with van der Waals surface area (Å²) in [5.74, 6) is 0.364. The molecule has 0 aliphatic carbocycles. The van der Waals surface area contributed by atoms with Crippen LogP contribution in [0.15, 0.2) is 40.0 Å². The Bertz CT molecular complexity index is 769. The van der Waals surface area contributed by atoms with Gasteiger partial charge >= 0.3 is 5.97 Å². The number of ether oxygens (including phenoxy) is 1. The zero-order valence-electron chi connectivity index (χ0n) is 10.8. The highest BCUT2D eigenvalue weighted by Gasteiger charge is 2.13. The number of para-hydroxylation sites is 1. The molecule has 5 nitrogen and oxygen atoms in total. The molecule has 0 aliphatic heterocycles. The Morgan fingerprint density at radius 2 is 2.20 bits per heavy atom. The molecule has 102 valence electrons. The fourth-order valence-electron chi connectivity index (χ4n) is 1.94. The van der Waals surface area contributed by atoms with E-state index in [2.05, 4.69) is 14.7 Å². The molecule has 1 aromatic carbocycles. The summed E-state index contributed by atoms with van der Waals surface area (Å²) in [6, 6.07) is 7.74. The Hall–Kier alpha value is -2.08. The van der Waals surface area contributed by atoms with Crippen LogP contribution in [0.2, 0.25) is 0 Å². The van der Waals surface area contributed by atoms with Crippen LogP contribution in [-0.4, -0.2) is 28.8 Å². The van der Waals surface area contributed by atoms with E-state index < -0.39 is 0 Å². The summed E-state index contributed by atoms with van der Waals surface area (Å²) >= 11 is 1.46. The number of nitrogens with zero attached hydrogens (tertiary/aromatic N) is 2. The van der Waals surface area contributed by atoms with Crippen molar-refractivity contribution in [1.82, 2.24) is 9.97 Å². The molecule has 0 atom stereocenters. The van der Waals surface area contributed by atoms with Crippen LogP contribution in [0.25, 0.3) is 22.1 Å². The van der Waals surface area contributed by atoms with Crippen LogP contribution in [0.5, 0.6) is 0 Å². The van der Waals surface area contributed by atoms with Gasteiger partial charge in [-0.25, -0.2) is 9.97 Å². The fraction of sp³-hybridized carbons (Fsp3) is 0.214. The second-order valence-electron chi connectivity index (χ2n) is 4.13. The van der Waals surface area contributed by atoms with Crippen molar-refractivity contribution >= 4 is 39.8 Å².